The molecule has 0 spiro atoms. The smallest absolute Gasteiger partial charge is 0.358 e. The van der Waals surface area contributed by atoms with Gasteiger partial charge in [-0.05, 0) is 25.1 Å². The first kappa shape index (κ1) is 20.7. The summed E-state index contributed by atoms with van der Waals surface area (Å²) in [5.41, 5.74) is 1.65. The number of amides is 1. The minimum Gasteiger partial charge on any atom is -0.493 e. The van der Waals surface area contributed by atoms with Crippen molar-refractivity contribution in [2.45, 2.75) is 20.5 Å². The summed E-state index contributed by atoms with van der Waals surface area (Å²) in [6.07, 6.45) is 0. The number of thiazole rings is 2. The Labute approximate surface area is 175 Å². The fourth-order valence-electron chi connectivity index (χ4n) is 2.37. The maximum absolute atomic E-state index is 12.1. The highest BCUT2D eigenvalue weighted by Gasteiger charge is 2.15. The summed E-state index contributed by atoms with van der Waals surface area (Å²) in [5, 5.41) is 7.02. The lowest BCUT2D eigenvalue weighted by Crippen LogP contribution is -2.08. The molecule has 3 aromatic rings. The number of hydrogen-bond acceptors (Lipinski definition) is 9. The molecule has 0 saturated heterocycles. The van der Waals surface area contributed by atoms with Gasteiger partial charge in [0.2, 0.25) is 5.91 Å². The Balaban J connectivity index is 1.64. The van der Waals surface area contributed by atoms with Gasteiger partial charge in [-0.3, -0.25) is 4.79 Å². The molecule has 8 nitrogen and oxygen atoms in total. The highest BCUT2D eigenvalue weighted by atomic mass is 32.1. The molecule has 3 rings (SSSR count). The average Bonchev–Trinajstić information content (AvgIpc) is 3.36. The van der Waals surface area contributed by atoms with Crippen LogP contribution in [0.25, 0.3) is 10.6 Å². The maximum atomic E-state index is 12.1. The van der Waals surface area contributed by atoms with Gasteiger partial charge in [0.1, 0.15) is 11.6 Å². The van der Waals surface area contributed by atoms with Gasteiger partial charge < -0.3 is 19.5 Å². The van der Waals surface area contributed by atoms with Crippen LogP contribution >= 0.6 is 22.7 Å². The first-order valence-corrected chi connectivity index (χ1v) is 10.4. The Bertz CT molecular complexity index is 1010. The molecule has 0 aliphatic carbocycles. The van der Waals surface area contributed by atoms with Crippen LogP contribution in [0.1, 0.15) is 30.0 Å². The highest BCUT2D eigenvalue weighted by molar-refractivity contribution is 7.14. The average molecular weight is 434 g/mol. The Kier molecular flexibility index (Phi) is 6.78. The molecule has 1 amide bonds. The van der Waals surface area contributed by atoms with Crippen molar-refractivity contribution < 1.29 is 23.8 Å². The third kappa shape index (κ3) is 5.30. The van der Waals surface area contributed by atoms with Crippen molar-refractivity contribution in [3.05, 3.63) is 40.3 Å². The molecule has 10 heteroatoms. The summed E-state index contributed by atoms with van der Waals surface area (Å²) < 4.78 is 16.2. The lowest BCUT2D eigenvalue weighted by atomic mass is 10.2. The van der Waals surface area contributed by atoms with E-state index in [0.717, 1.165) is 21.9 Å². The summed E-state index contributed by atoms with van der Waals surface area (Å²) in [4.78, 5) is 31.7. The molecule has 1 N–H and O–H groups in total. The summed E-state index contributed by atoms with van der Waals surface area (Å²) in [6.45, 7) is 3.86. The van der Waals surface area contributed by atoms with Gasteiger partial charge in [0.05, 0.1) is 19.4 Å². The zero-order valence-corrected chi connectivity index (χ0v) is 17.7. The topological polar surface area (TPSA) is 99.6 Å². The second-order valence-electron chi connectivity index (χ2n) is 5.74. The van der Waals surface area contributed by atoms with Crippen molar-refractivity contribution in [2.24, 2.45) is 0 Å². The first-order valence-electron chi connectivity index (χ1n) is 8.66. The normalized spacial score (nSPS) is 10.4. The van der Waals surface area contributed by atoms with E-state index < -0.39 is 5.97 Å². The lowest BCUT2D eigenvalue weighted by molar-refractivity contribution is -0.114. The number of methoxy groups -OCH3 is 1. The summed E-state index contributed by atoms with van der Waals surface area (Å²) in [7, 11) is 1.59. The van der Waals surface area contributed by atoms with Crippen LogP contribution in [-0.2, 0) is 16.1 Å². The van der Waals surface area contributed by atoms with Crippen LogP contribution in [-0.4, -0.2) is 35.6 Å². The number of ether oxygens (including phenoxy) is 3. The van der Waals surface area contributed by atoms with E-state index in [1.807, 2.05) is 30.5 Å². The van der Waals surface area contributed by atoms with Crippen molar-refractivity contribution in [3.63, 3.8) is 0 Å². The van der Waals surface area contributed by atoms with Crippen molar-refractivity contribution >= 4 is 39.7 Å². The molecule has 0 saturated carbocycles. The van der Waals surface area contributed by atoms with Gasteiger partial charge in [0.15, 0.2) is 22.3 Å². The van der Waals surface area contributed by atoms with Gasteiger partial charge in [-0.15, -0.1) is 22.7 Å². The molecule has 152 valence electrons. The molecule has 0 unspecified atom stereocenters. The zero-order valence-electron chi connectivity index (χ0n) is 16.1. The SMILES string of the molecule is CCOc1ccc(-c2nc(COC(=O)c3csc(NC(C)=O)n3)cs2)cc1OC. The quantitative estimate of drug-likeness (QED) is 0.536. The second-order valence-corrected chi connectivity index (χ2v) is 7.45. The van der Waals surface area contributed by atoms with E-state index in [9.17, 15) is 9.59 Å². The van der Waals surface area contributed by atoms with E-state index in [-0.39, 0.29) is 18.2 Å². The minimum atomic E-state index is -0.574. The predicted molar refractivity (Wildman–Crippen MR) is 111 cm³/mol. The van der Waals surface area contributed by atoms with Crippen LogP contribution in [0.3, 0.4) is 0 Å². The predicted octanol–water partition coefficient (Wildman–Crippen LogP) is 3.99. The fraction of sp³-hybridized carbons (Fsp3) is 0.263. The van der Waals surface area contributed by atoms with Crippen molar-refractivity contribution in [3.8, 4) is 22.1 Å². The molecule has 0 atom stereocenters. The Hall–Kier alpha value is -2.98. The van der Waals surface area contributed by atoms with Crippen LogP contribution < -0.4 is 14.8 Å². The van der Waals surface area contributed by atoms with Crippen molar-refractivity contribution in [2.75, 3.05) is 19.0 Å². The molecule has 2 heterocycles. The lowest BCUT2D eigenvalue weighted by Gasteiger charge is -2.09. The molecular weight excluding hydrogens is 414 g/mol. The van der Waals surface area contributed by atoms with E-state index in [1.54, 1.807) is 7.11 Å². The van der Waals surface area contributed by atoms with E-state index in [1.165, 1.54) is 23.6 Å². The van der Waals surface area contributed by atoms with E-state index in [0.29, 0.717) is 28.9 Å². The number of nitrogens with zero attached hydrogens (tertiary/aromatic N) is 2. The highest BCUT2D eigenvalue weighted by Crippen LogP contribution is 2.34. The van der Waals surface area contributed by atoms with Crippen molar-refractivity contribution in [1.29, 1.82) is 0 Å². The molecule has 0 radical (unpaired) electrons. The monoisotopic (exact) mass is 433 g/mol. The van der Waals surface area contributed by atoms with E-state index in [2.05, 4.69) is 15.3 Å². The fourth-order valence-corrected chi connectivity index (χ4v) is 3.90. The summed E-state index contributed by atoms with van der Waals surface area (Å²) >= 11 is 2.60. The largest absolute Gasteiger partial charge is 0.493 e. The maximum Gasteiger partial charge on any atom is 0.358 e. The van der Waals surface area contributed by atoms with Crippen LogP contribution in [0.4, 0.5) is 5.13 Å². The summed E-state index contributed by atoms with van der Waals surface area (Å²) in [6, 6.07) is 5.60. The number of rotatable bonds is 8. The number of carbonyl (C=O) groups is 2. The zero-order chi connectivity index (χ0) is 20.8. The molecule has 0 aliphatic rings. The number of esters is 1. The standard InChI is InChI=1S/C19H19N3O5S2/c1-4-26-15-6-5-12(7-16(15)25-3)17-21-13(9-28-17)8-27-18(24)14-10-29-19(22-14)20-11(2)23/h5-7,9-10H,4,8H2,1-3H3,(H,20,22,23). The van der Waals surface area contributed by atoms with Crippen LogP contribution in [0.5, 0.6) is 11.5 Å². The first-order chi connectivity index (χ1) is 14.0. The van der Waals surface area contributed by atoms with Crippen LogP contribution in [0, 0.1) is 0 Å². The Morgan fingerprint density at radius 3 is 2.69 bits per heavy atom. The van der Waals surface area contributed by atoms with E-state index >= 15 is 0 Å². The Morgan fingerprint density at radius 1 is 1.14 bits per heavy atom. The second kappa shape index (κ2) is 9.48. The van der Waals surface area contributed by atoms with Gasteiger partial charge in [0, 0.05) is 23.2 Å². The molecule has 1 aromatic carbocycles. The van der Waals surface area contributed by atoms with Gasteiger partial charge in [0.25, 0.3) is 0 Å². The van der Waals surface area contributed by atoms with Crippen LogP contribution in [0.15, 0.2) is 29.0 Å². The third-order valence-electron chi connectivity index (χ3n) is 3.61. The van der Waals surface area contributed by atoms with Gasteiger partial charge in [-0.25, -0.2) is 14.8 Å². The third-order valence-corrected chi connectivity index (χ3v) is 5.31. The number of hydrogen-bond donors (Lipinski definition) is 1. The minimum absolute atomic E-state index is 0.0243. The molecule has 29 heavy (non-hydrogen) atoms. The molecule has 0 fully saturated rings. The number of anilines is 1. The molecule has 2 aromatic heterocycles. The number of aromatic nitrogens is 2. The summed E-state index contributed by atoms with van der Waals surface area (Å²) in [5.74, 6) is 0.479. The molecule has 0 bridgehead atoms. The van der Waals surface area contributed by atoms with Crippen LogP contribution in [0.2, 0.25) is 0 Å². The molecular formula is C19H19N3O5S2. The van der Waals surface area contributed by atoms with Gasteiger partial charge in [-0.1, -0.05) is 0 Å². The molecule has 0 aliphatic heterocycles. The number of carbonyl (C=O) groups excluding carboxylic acids is 2. The number of nitrogens with one attached hydrogen (secondary N) is 1. The van der Waals surface area contributed by atoms with E-state index in [4.69, 9.17) is 14.2 Å². The Morgan fingerprint density at radius 2 is 1.97 bits per heavy atom. The van der Waals surface area contributed by atoms with Crippen molar-refractivity contribution in [1.82, 2.24) is 9.97 Å². The number of benzene rings is 1. The van der Waals surface area contributed by atoms with Gasteiger partial charge in [-0.2, -0.15) is 0 Å². The van der Waals surface area contributed by atoms with Gasteiger partial charge >= 0.3 is 5.97 Å².